The molecular formula is C21H24N2O4S. The Morgan fingerprint density at radius 3 is 2.64 bits per heavy atom. The molecule has 1 fully saturated rings. The molecule has 0 aliphatic carbocycles. The van der Waals surface area contributed by atoms with Gasteiger partial charge in [0.15, 0.2) is 0 Å². The molecule has 7 heteroatoms. The van der Waals surface area contributed by atoms with Gasteiger partial charge in [-0.15, -0.1) is 0 Å². The molecule has 3 rings (SSSR count). The summed E-state index contributed by atoms with van der Waals surface area (Å²) >= 11 is 1.58. The number of aryl methyl sites for hydroxylation is 1. The molecule has 6 nitrogen and oxygen atoms in total. The number of carbonyl (C=O) groups excluding carboxylic acids is 2. The van der Waals surface area contributed by atoms with Gasteiger partial charge in [-0.3, -0.25) is 9.59 Å². The van der Waals surface area contributed by atoms with E-state index in [1.54, 1.807) is 22.3 Å². The number of nitrogens with zero attached hydrogens (tertiary/aromatic N) is 1. The van der Waals surface area contributed by atoms with Gasteiger partial charge in [-0.05, 0) is 59.0 Å². The van der Waals surface area contributed by atoms with Gasteiger partial charge in [0.25, 0.3) is 0 Å². The highest BCUT2D eigenvalue weighted by atomic mass is 32.1. The summed E-state index contributed by atoms with van der Waals surface area (Å²) in [7, 11) is 0. The van der Waals surface area contributed by atoms with E-state index in [4.69, 9.17) is 0 Å². The van der Waals surface area contributed by atoms with Gasteiger partial charge in [-0.1, -0.05) is 12.1 Å². The number of carbonyl (C=O) groups is 2. The second-order valence-corrected chi connectivity index (χ2v) is 7.62. The number of aliphatic hydroxyl groups excluding tert-OH is 2. The maximum Gasteiger partial charge on any atom is 0.248 e. The largest absolute Gasteiger partial charge is 0.390 e. The van der Waals surface area contributed by atoms with E-state index < -0.39 is 12.2 Å². The lowest BCUT2D eigenvalue weighted by molar-refractivity contribution is -0.137. The molecule has 2 atom stereocenters. The second kappa shape index (κ2) is 9.64. The zero-order chi connectivity index (χ0) is 19.9. The molecule has 3 N–H and O–H groups in total. The zero-order valence-corrected chi connectivity index (χ0v) is 16.3. The van der Waals surface area contributed by atoms with E-state index in [1.807, 2.05) is 41.1 Å². The van der Waals surface area contributed by atoms with E-state index in [9.17, 15) is 19.8 Å². The number of benzene rings is 1. The molecule has 1 aromatic heterocycles. The van der Waals surface area contributed by atoms with Crippen molar-refractivity contribution in [2.24, 2.45) is 0 Å². The number of piperidine rings is 1. The van der Waals surface area contributed by atoms with Crippen molar-refractivity contribution in [3.8, 4) is 0 Å². The summed E-state index contributed by atoms with van der Waals surface area (Å²) in [6.07, 6.45) is 2.99. The van der Waals surface area contributed by atoms with Crippen LogP contribution in [0.4, 0.5) is 5.69 Å². The predicted molar refractivity (Wildman–Crippen MR) is 110 cm³/mol. The quantitative estimate of drug-likeness (QED) is 0.649. The van der Waals surface area contributed by atoms with Gasteiger partial charge in [0, 0.05) is 31.3 Å². The summed E-state index contributed by atoms with van der Waals surface area (Å²) in [5, 5.41) is 26.0. The fourth-order valence-electron chi connectivity index (χ4n) is 3.04. The second-order valence-electron chi connectivity index (χ2n) is 6.84. The molecule has 1 saturated heterocycles. The van der Waals surface area contributed by atoms with Crippen molar-refractivity contribution >= 4 is 34.9 Å². The topological polar surface area (TPSA) is 89.9 Å². The third kappa shape index (κ3) is 5.76. The number of hydrogen-bond acceptors (Lipinski definition) is 5. The molecular weight excluding hydrogens is 376 g/mol. The first-order chi connectivity index (χ1) is 13.5. The number of rotatable bonds is 6. The number of amides is 2. The van der Waals surface area contributed by atoms with Crippen LogP contribution in [0.1, 0.15) is 24.0 Å². The predicted octanol–water partition coefficient (Wildman–Crippen LogP) is 2.29. The number of nitrogens with one attached hydrogen (secondary N) is 1. The van der Waals surface area contributed by atoms with Gasteiger partial charge < -0.3 is 20.4 Å². The Bertz CT molecular complexity index is 817. The van der Waals surface area contributed by atoms with Crippen LogP contribution < -0.4 is 5.32 Å². The lowest BCUT2D eigenvalue weighted by Crippen LogP contribution is -2.49. The molecule has 28 heavy (non-hydrogen) atoms. The molecule has 2 heterocycles. The highest BCUT2D eigenvalue weighted by Crippen LogP contribution is 2.15. The van der Waals surface area contributed by atoms with Gasteiger partial charge in [-0.25, -0.2) is 0 Å². The smallest absolute Gasteiger partial charge is 0.248 e. The molecule has 0 bridgehead atoms. The van der Waals surface area contributed by atoms with Crippen LogP contribution in [0, 0.1) is 0 Å². The summed E-state index contributed by atoms with van der Waals surface area (Å²) in [6.45, 7) is 0.658. The van der Waals surface area contributed by atoms with E-state index in [0.29, 0.717) is 31.5 Å². The maximum atomic E-state index is 12.3. The standard InChI is InChI=1S/C21H24N2O4S/c24-18-9-11-23(13-19(18)25)21(27)8-4-15-1-5-17(6-2-15)22-20(26)7-3-16-10-12-28-14-16/h1-3,5-7,10,12,14,18-19,24-25H,4,8-9,11,13H2,(H,22,26)/b7-3+/t18-,19+/m0/s1. The third-order valence-corrected chi connectivity index (χ3v) is 5.42. The Kier molecular flexibility index (Phi) is 6.97. The molecule has 1 aromatic carbocycles. The van der Waals surface area contributed by atoms with Crippen LogP contribution in [0.25, 0.3) is 6.08 Å². The van der Waals surface area contributed by atoms with Crippen LogP contribution in [0.15, 0.2) is 47.2 Å². The number of aliphatic hydroxyl groups is 2. The molecule has 1 aliphatic heterocycles. The van der Waals surface area contributed by atoms with E-state index in [2.05, 4.69) is 5.32 Å². The molecule has 0 spiro atoms. The summed E-state index contributed by atoms with van der Waals surface area (Å²) in [4.78, 5) is 25.8. The monoisotopic (exact) mass is 400 g/mol. The van der Waals surface area contributed by atoms with Gasteiger partial charge in [0.1, 0.15) is 0 Å². The van der Waals surface area contributed by atoms with Gasteiger partial charge in [-0.2, -0.15) is 11.3 Å². The fraction of sp³-hybridized carbons (Fsp3) is 0.333. The van der Waals surface area contributed by atoms with Crippen LogP contribution in [0.5, 0.6) is 0 Å². The van der Waals surface area contributed by atoms with E-state index >= 15 is 0 Å². The third-order valence-electron chi connectivity index (χ3n) is 4.72. The van der Waals surface area contributed by atoms with Crippen molar-refractivity contribution < 1.29 is 19.8 Å². The minimum atomic E-state index is -0.866. The Labute approximate surface area is 168 Å². The average Bonchev–Trinajstić information content (AvgIpc) is 3.21. The van der Waals surface area contributed by atoms with Crippen LogP contribution >= 0.6 is 11.3 Å². The summed E-state index contributed by atoms with van der Waals surface area (Å²) < 4.78 is 0. The number of likely N-dealkylation sites (tertiary alicyclic amines) is 1. The molecule has 148 valence electrons. The van der Waals surface area contributed by atoms with Gasteiger partial charge >= 0.3 is 0 Å². The van der Waals surface area contributed by atoms with Crippen LogP contribution in [0.2, 0.25) is 0 Å². The Morgan fingerprint density at radius 2 is 1.96 bits per heavy atom. The van der Waals surface area contributed by atoms with E-state index in [1.165, 1.54) is 6.08 Å². The molecule has 2 aromatic rings. The Hall–Kier alpha value is -2.48. The summed E-state index contributed by atoms with van der Waals surface area (Å²) in [5.41, 5.74) is 2.69. The maximum absolute atomic E-state index is 12.3. The van der Waals surface area contributed by atoms with Gasteiger partial charge in [0.2, 0.25) is 11.8 Å². The number of β-amino-alcohol motifs (C(OH)–C–C–N with tert-alkyl or cyclic N) is 1. The zero-order valence-electron chi connectivity index (χ0n) is 15.5. The molecule has 1 aliphatic rings. The van der Waals surface area contributed by atoms with Crippen molar-refractivity contribution in [3.05, 3.63) is 58.3 Å². The first kappa shape index (κ1) is 20.3. The highest BCUT2D eigenvalue weighted by Gasteiger charge is 2.28. The molecule has 0 unspecified atom stereocenters. The van der Waals surface area contributed by atoms with Crippen molar-refractivity contribution in [3.63, 3.8) is 0 Å². The Morgan fingerprint density at radius 1 is 1.18 bits per heavy atom. The number of hydrogen-bond donors (Lipinski definition) is 3. The molecule has 0 saturated carbocycles. The minimum absolute atomic E-state index is 0.0260. The summed E-state index contributed by atoms with van der Waals surface area (Å²) in [6, 6.07) is 9.35. The average molecular weight is 401 g/mol. The molecule has 0 radical (unpaired) electrons. The first-order valence-electron chi connectivity index (χ1n) is 9.25. The van der Waals surface area contributed by atoms with Crippen LogP contribution in [-0.2, 0) is 16.0 Å². The molecule has 2 amide bonds. The lowest BCUT2D eigenvalue weighted by atomic mass is 10.0. The lowest BCUT2D eigenvalue weighted by Gasteiger charge is -2.33. The van der Waals surface area contributed by atoms with E-state index in [0.717, 1.165) is 11.1 Å². The fourth-order valence-corrected chi connectivity index (χ4v) is 3.66. The minimum Gasteiger partial charge on any atom is -0.390 e. The van der Waals surface area contributed by atoms with Crippen molar-refractivity contribution in [2.75, 3.05) is 18.4 Å². The number of anilines is 1. The normalized spacial score (nSPS) is 19.7. The summed E-state index contributed by atoms with van der Waals surface area (Å²) in [5.74, 6) is -0.220. The highest BCUT2D eigenvalue weighted by molar-refractivity contribution is 7.08. The van der Waals surface area contributed by atoms with E-state index in [-0.39, 0.29) is 18.4 Å². The van der Waals surface area contributed by atoms with Crippen molar-refractivity contribution in [1.29, 1.82) is 0 Å². The van der Waals surface area contributed by atoms with Crippen molar-refractivity contribution in [2.45, 2.75) is 31.5 Å². The van der Waals surface area contributed by atoms with Crippen LogP contribution in [-0.4, -0.2) is 52.2 Å². The van der Waals surface area contributed by atoms with Gasteiger partial charge in [0.05, 0.1) is 12.2 Å². The van der Waals surface area contributed by atoms with Crippen LogP contribution in [0.3, 0.4) is 0 Å². The first-order valence-corrected chi connectivity index (χ1v) is 10.2. The SMILES string of the molecule is O=C(/C=C/c1ccsc1)Nc1ccc(CCC(=O)N2CC[C@H](O)[C@H](O)C2)cc1. The number of thiophene rings is 1. The van der Waals surface area contributed by atoms with Crippen molar-refractivity contribution in [1.82, 2.24) is 4.90 Å². The Balaban J connectivity index is 1.45.